The summed E-state index contributed by atoms with van der Waals surface area (Å²) in [6, 6.07) is 8.92. The summed E-state index contributed by atoms with van der Waals surface area (Å²) in [5, 5.41) is 8.63. The maximum absolute atomic E-state index is 12.8. The van der Waals surface area contributed by atoms with Crippen LogP contribution in [0.15, 0.2) is 47.6 Å². The van der Waals surface area contributed by atoms with E-state index in [0.29, 0.717) is 5.56 Å². The van der Waals surface area contributed by atoms with Crippen molar-refractivity contribution in [2.75, 3.05) is 18.5 Å². The molecule has 1 saturated carbocycles. The fraction of sp³-hybridized carbons (Fsp3) is 0.304. The van der Waals surface area contributed by atoms with Crippen molar-refractivity contribution in [3.05, 3.63) is 53.6 Å². The van der Waals surface area contributed by atoms with Gasteiger partial charge in [0.1, 0.15) is 0 Å². The fourth-order valence-electron chi connectivity index (χ4n) is 2.80. The Kier molecular flexibility index (Phi) is 8.29. The van der Waals surface area contributed by atoms with Crippen LogP contribution in [0.3, 0.4) is 0 Å². The van der Waals surface area contributed by atoms with Crippen molar-refractivity contribution in [2.24, 2.45) is 5.10 Å². The predicted octanol–water partition coefficient (Wildman–Crippen LogP) is 2.85. The first-order valence-electron chi connectivity index (χ1n) is 10.7. The van der Waals surface area contributed by atoms with Crippen LogP contribution in [-0.4, -0.2) is 43.2 Å². The molecule has 0 saturated heterocycles. The highest BCUT2D eigenvalue weighted by molar-refractivity contribution is 6.35. The average molecular weight is 492 g/mol. The Morgan fingerprint density at radius 3 is 2.51 bits per heavy atom. The van der Waals surface area contributed by atoms with E-state index in [9.17, 15) is 27.6 Å². The lowest BCUT2D eigenvalue weighted by molar-refractivity contribution is -0.139. The highest BCUT2D eigenvalue weighted by atomic mass is 19.4. The number of nitrogens with one attached hydrogen (secondary N) is 3. The molecule has 0 spiro atoms. The van der Waals surface area contributed by atoms with Gasteiger partial charge in [-0.05, 0) is 61.7 Å². The first kappa shape index (κ1) is 25.5. The van der Waals surface area contributed by atoms with E-state index in [1.165, 1.54) is 24.4 Å². The number of benzene rings is 2. The molecule has 3 N–H and O–H groups in total. The van der Waals surface area contributed by atoms with Gasteiger partial charge in [0.25, 0.3) is 5.91 Å². The van der Waals surface area contributed by atoms with Gasteiger partial charge in [-0.25, -0.2) is 5.43 Å². The summed E-state index contributed by atoms with van der Waals surface area (Å²) < 4.78 is 49.4. The van der Waals surface area contributed by atoms with Gasteiger partial charge in [0.15, 0.2) is 18.1 Å². The van der Waals surface area contributed by atoms with Crippen LogP contribution in [0.25, 0.3) is 0 Å². The first-order valence-corrected chi connectivity index (χ1v) is 10.7. The summed E-state index contributed by atoms with van der Waals surface area (Å²) in [6.07, 6.45) is -1.52. The monoisotopic (exact) mass is 492 g/mol. The van der Waals surface area contributed by atoms with E-state index in [1.54, 1.807) is 19.1 Å². The molecule has 3 rings (SSSR count). The van der Waals surface area contributed by atoms with Gasteiger partial charge in [-0.15, -0.1) is 0 Å². The summed E-state index contributed by atoms with van der Waals surface area (Å²) in [5.74, 6) is -1.81. The number of hydrazone groups is 1. The Morgan fingerprint density at radius 2 is 1.83 bits per heavy atom. The van der Waals surface area contributed by atoms with Crippen LogP contribution >= 0.6 is 0 Å². The number of anilines is 1. The van der Waals surface area contributed by atoms with Crippen molar-refractivity contribution < 1.29 is 37.0 Å². The topological polar surface area (TPSA) is 118 Å². The number of halogens is 3. The molecule has 2 aromatic carbocycles. The molecule has 2 aromatic rings. The lowest BCUT2D eigenvalue weighted by Crippen LogP contribution is -2.38. The van der Waals surface area contributed by atoms with E-state index in [1.807, 2.05) is 0 Å². The van der Waals surface area contributed by atoms with Gasteiger partial charge in [0.05, 0.1) is 18.4 Å². The fourth-order valence-corrected chi connectivity index (χ4v) is 2.80. The number of rotatable bonds is 9. The molecule has 0 unspecified atom stereocenters. The Morgan fingerprint density at radius 1 is 1.06 bits per heavy atom. The Balaban J connectivity index is 1.56. The molecule has 186 valence electrons. The zero-order chi connectivity index (χ0) is 25.4. The normalized spacial score (nSPS) is 13.3. The largest absolute Gasteiger partial charge is 0.490 e. The van der Waals surface area contributed by atoms with E-state index in [2.05, 4.69) is 21.2 Å². The van der Waals surface area contributed by atoms with E-state index in [0.717, 1.165) is 25.0 Å². The van der Waals surface area contributed by atoms with E-state index < -0.39 is 36.1 Å². The quantitative estimate of drug-likeness (QED) is 0.283. The number of hydrogen-bond acceptors (Lipinski definition) is 6. The van der Waals surface area contributed by atoms with Crippen LogP contribution in [0.1, 0.15) is 30.9 Å². The molecule has 0 bridgehead atoms. The maximum atomic E-state index is 12.8. The second-order valence-electron chi connectivity index (χ2n) is 7.50. The summed E-state index contributed by atoms with van der Waals surface area (Å²) in [7, 11) is 0. The molecule has 1 aliphatic carbocycles. The van der Waals surface area contributed by atoms with Crippen molar-refractivity contribution >= 4 is 29.6 Å². The van der Waals surface area contributed by atoms with Gasteiger partial charge < -0.3 is 20.1 Å². The van der Waals surface area contributed by atoms with Gasteiger partial charge in [0.2, 0.25) is 0 Å². The molecule has 0 heterocycles. The van der Waals surface area contributed by atoms with Crippen LogP contribution in [0.5, 0.6) is 11.5 Å². The summed E-state index contributed by atoms with van der Waals surface area (Å²) in [5.41, 5.74) is 1.74. The van der Waals surface area contributed by atoms with E-state index >= 15 is 0 Å². The highest BCUT2D eigenvalue weighted by Gasteiger charge is 2.30. The minimum absolute atomic E-state index is 0.0159. The van der Waals surface area contributed by atoms with Crippen molar-refractivity contribution in [1.29, 1.82) is 0 Å². The number of alkyl halides is 3. The van der Waals surface area contributed by atoms with Gasteiger partial charge in [-0.1, -0.05) is 6.07 Å². The van der Waals surface area contributed by atoms with Gasteiger partial charge in [-0.2, -0.15) is 18.3 Å². The molecule has 9 nitrogen and oxygen atoms in total. The Labute approximate surface area is 198 Å². The Bertz CT molecular complexity index is 1120. The number of hydrogen-bond donors (Lipinski definition) is 3. The van der Waals surface area contributed by atoms with Crippen molar-refractivity contribution in [1.82, 2.24) is 10.7 Å². The van der Waals surface area contributed by atoms with Crippen molar-refractivity contribution in [3.8, 4) is 11.5 Å². The lowest BCUT2D eigenvalue weighted by Gasteiger charge is -2.13. The Hall–Kier alpha value is -4.09. The number of nitrogens with zero attached hydrogens (tertiary/aromatic N) is 1. The van der Waals surface area contributed by atoms with Crippen LogP contribution in [0.2, 0.25) is 0 Å². The molecule has 1 fully saturated rings. The standard InChI is InChI=1S/C23H23F3N4O5/c1-2-34-19-10-14(12-27-30-22(33)21(32)29-16-7-8-16)6-9-18(19)35-13-20(31)28-17-5-3-4-15(11-17)23(24,25)26/h3-6,9-12,16H,2,7-8,13H2,1H3,(H,28,31)(H,29,32)(H,30,33)/b27-12-. The molecular weight excluding hydrogens is 469 g/mol. The van der Waals surface area contributed by atoms with Crippen molar-refractivity contribution in [2.45, 2.75) is 32.0 Å². The molecule has 0 atom stereocenters. The third-order valence-corrected chi connectivity index (χ3v) is 4.60. The summed E-state index contributed by atoms with van der Waals surface area (Å²) in [6.45, 7) is 1.55. The third kappa shape index (κ3) is 8.02. The molecule has 1 aliphatic rings. The van der Waals surface area contributed by atoms with E-state index in [-0.39, 0.29) is 29.8 Å². The SMILES string of the molecule is CCOc1cc(/C=N\NC(=O)C(=O)NC2CC2)ccc1OCC(=O)Nc1cccc(C(F)(F)F)c1. The third-order valence-electron chi connectivity index (χ3n) is 4.60. The zero-order valence-electron chi connectivity index (χ0n) is 18.6. The molecule has 0 aromatic heterocycles. The molecule has 0 radical (unpaired) electrons. The van der Waals surface area contributed by atoms with Crippen LogP contribution < -0.4 is 25.5 Å². The minimum atomic E-state index is -4.53. The molecule has 0 aliphatic heterocycles. The molecular formula is C23H23F3N4O5. The second kappa shape index (κ2) is 11.4. The van der Waals surface area contributed by atoms with Crippen LogP contribution in [0.4, 0.5) is 18.9 Å². The summed E-state index contributed by atoms with van der Waals surface area (Å²) >= 11 is 0. The maximum Gasteiger partial charge on any atom is 0.416 e. The zero-order valence-corrected chi connectivity index (χ0v) is 18.6. The number of amides is 3. The van der Waals surface area contributed by atoms with Crippen LogP contribution in [0, 0.1) is 0 Å². The second-order valence-corrected chi connectivity index (χ2v) is 7.50. The van der Waals surface area contributed by atoms with Gasteiger partial charge in [-0.3, -0.25) is 14.4 Å². The number of ether oxygens (including phenoxy) is 2. The number of carbonyl (C=O) groups is 3. The predicted molar refractivity (Wildman–Crippen MR) is 120 cm³/mol. The van der Waals surface area contributed by atoms with Crippen LogP contribution in [-0.2, 0) is 20.6 Å². The van der Waals surface area contributed by atoms with Crippen molar-refractivity contribution in [3.63, 3.8) is 0 Å². The molecule has 3 amide bonds. The average Bonchev–Trinajstić information content (AvgIpc) is 3.62. The van der Waals surface area contributed by atoms with Gasteiger partial charge in [0, 0.05) is 11.7 Å². The van der Waals surface area contributed by atoms with Gasteiger partial charge >= 0.3 is 18.0 Å². The smallest absolute Gasteiger partial charge is 0.416 e. The number of carbonyl (C=O) groups excluding carboxylic acids is 3. The summed E-state index contributed by atoms with van der Waals surface area (Å²) in [4.78, 5) is 35.5. The molecule has 12 heteroatoms. The minimum Gasteiger partial charge on any atom is -0.490 e. The molecule has 35 heavy (non-hydrogen) atoms. The first-order chi connectivity index (χ1) is 16.7. The van der Waals surface area contributed by atoms with E-state index in [4.69, 9.17) is 9.47 Å². The highest BCUT2D eigenvalue weighted by Crippen LogP contribution is 2.31. The lowest BCUT2D eigenvalue weighted by atomic mass is 10.2.